The van der Waals surface area contributed by atoms with Gasteiger partial charge in [-0.1, -0.05) is 29.3 Å². The molecular formula is C18H19Cl2N3O3. The van der Waals surface area contributed by atoms with Crippen molar-refractivity contribution in [1.29, 1.82) is 0 Å². The molecule has 138 valence electrons. The monoisotopic (exact) mass is 395 g/mol. The van der Waals surface area contributed by atoms with Crippen molar-refractivity contribution in [3.05, 3.63) is 52.1 Å². The van der Waals surface area contributed by atoms with Gasteiger partial charge in [0.15, 0.2) is 6.10 Å². The van der Waals surface area contributed by atoms with Gasteiger partial charge in [-0.05, 0) is 44.5 Å². The molecular weight excluding hydrogens is 377 g/mol. The molecule has 0 spiro atoms. The number of benzene rings is 1. The van der Waals surface area contributed by atoms with E-state index in [0.717, 1.165) is 0 Å². The maximum absolute atomic E-state index is 12.2. The number of hydrogen-bond acceptors (Lipinski definition) is 4. The number of amides is 1. The first-order chi connectivity index (χ1) is 12.3. The molecule has 0 bridgehead atoms. The third kappa shape index (κ3) is 5.34. The molecule has 1 N–H and O–H groups in total. The van der Waals surface area contributed by atoms with Crippen LogP contribution in [0.4, 0.5) is 5.82 Å². The first-order valence-electron chi connectivity index (χ1n) is 7.96. The van der Waals surface area contributed by atoms with Crippen molar-refractivity contribution in [2.45, 2.75) is 32.9 Å². The molecule has 1 amide bonds. The lowest BCUT2D eigenvalue weighted by Gasteiger charge is -2.15. The number of anilines is 1. The maximum atomic E-state index is 12.2. The number of rotatable bonds is 6. The van der Waals surface area contributed by atoms with Gasteiger partial charge in [0.1, 0.15) is 5.82 Å². The van der Waals surface area contributed by atoms with E-state index in [0.29, 0.717) is 21.4 Å². The highest BCUT2D eigenvalue weighted by Gasteiger charge is 2.18. The van der Waals surface area contributed by atoms with Crippen LogP contribution in [0.25, 0.3) is 6.08 Å². The van der Waals surface area contributed by atoms with E-state index in [4.69, 9.17) is 27.9 Å². The quantitative estimate of drug-likeness (QED) is 0.582. The van der Waals surface area contributed by atoms with E-state index >= 15 is 0 Å². The van der Waals surface area contributed by atoms with Crippen molar-refractivity contribution in [3.63, 3.8) is 0 Å². The fourth-order valence-electron chi connectivity index (χ4n) is 2.11. The number of hydrogen-bond donors (Lipinski definition) is 1. The number of nitrogens with zero attached hydrogens (tertiary/aromatic N) is 2. The molecule has 1 heterocycles. The smallest absolute Gasteiger partial charge is 0.331 e. The highest BCUT2D eigenvalue weighted by Crippen LogP contribution is 2.22. The van der Waals surface area contributed by atoms with Gasteiger partial charge in [0, 0.05) is 28.2 Å². The summed E-state index contributed by atoms with van der Waals surface area (Å²) in [5.41, 5.74) is 0.617. The van der Waals surface area contributed by atoms with Gasteiger partial charge in [-0.3, -0.25) is 4.79 Å². The normalized spacial score (nSPS) is 12.4. The average molecular weight is 396 g/mol. The van der Waals surface area contributed by atoms with E-state index in [9.17, 15) is 9.59 Å². The fourth-order valence-corrected chi connectivity index (χ4v) is 2.59. The van der Waals surface area contributed by atoms with Crippen LogP contribution in [0.1, 0.15) is 32.4 Å². The second kappa shape index (κ2) is 8.87. The Bertz CT molecular complexity index is 831. The minimum absolute atomic E-state index is 0.0882. The van der Waals surface area contributed by atoms with E-state index < -0.39 is 18.0 Å². The second-order valence-electron chi connectivity index (χ2n) is 5.82. The zero-order valence-electron chi connectivity index (χ0n) is 14.6. The first kappa shape index (κ1) is 20.0. The summed E-state index contributed by atoms with van der Waals surface area (Å²) in [6.07, 6.45) is 3.32. The van der Waals surface area contributed by atoms with Crippen molar-refractivity contribution < 1.29 is 14.3 Å². The Kier molecular flexibility index (Phi) is 6.83. The predicted molar refractivity (Wildman–Crippen MR) is 102 cm³/mol. The molecule has 0 aliphatic heterocycles. The molecule has 8 heteroatoms. The van der Waals surface area contributed by atoms with Gasteiger partial charge in [-0.15, -0.1) is 0 Å². The Morgan fingerprint density at radius 3 is 2.62 bits per heavy atom. The van der Waals surface area contributed by atoms with E-state index in [1.54, 1.807) is 35.1 Å². The third-order valence-corrected chi connectivity index (χ3v) is 4.00. The molecule has 2 aromatic rings. The SMILES string of the molecule is CC(C)n1nccc1NC(=O)[C@H](C)OC(=O)/C=C/c1ccc(Cl)cc1Cl. The van der Waals surface area contributed by atoms with Crippen molar-refractivity contribution in [1.82, 2.24) is 9.78 Å². The van der Waals surface area contributed by atoms with Crippen molar-refractivity contribution in [2.75, 3.05) is 5.32 Å². The van der Waals surface area contributed by atoms with Crippen LogP contribution in [-0.2, 0) is 14.3 Å². The van der Waals surface area contributed by atoms with Crippen LogP contribution in [-0.4, -0.2) is 27.8 Å². The number of ether oxygens (including phenoxy) is 1. The predicted octanol–water partition coefficient (Wildman–Crippen LogP) is 4.35. The first-order valence-corrected chi connectivity index (χ1v) is 8.71. The average Bonchev–Trinajstić information content (AvgIpc) is 3.02. The van der Waals surface area contributed by atoms with E-state index in [-0.39, 0.29) is 6.04 Å². The molecule has 0 radical (unpaired) electrons. The molecule has 1 aromatic carbocycles. The lowest BCUT2D eigenvalue weighted by molar-refractivity contribution is -0.148. The largest absolute Gasteiger partial charge is 0.449 e. The summed E-state index contributed by atoms with van der Waals surface area (Å²) in [5.74, 6) is -0.564. The molecule has 0 aliphatic rings. The van der Waals surface area contributed by atoms with Crippen LogP contribution >= 0.6 is 23.2 Å². The Hall–Kier alpha value is -2.31. The van der Waals surface area contributed by atoms with Crippen LogP contribution in [0, 0.1) is 0 Å². The Labute approximate surface area is 161 Å². The van der Waals surface area contributed by atoms with Gasteiger partial charge >= 0.3 is 5.97 Å². The third-order valence-electron chi connectivity index (χ3n) is 3.43. The number of nitrogens with one attached hydrogen (secondary N) is 1. The lowest BCUT2D eigenvalue weighted by atomic mass is 10.2. The summed E-state index contributed by atoms with van der Waals surface area (Å²) < 4.78 is 6.77. The summed E-state index contributed by atoms with van der Waals surface area (Å²) in [6.45, 7) is 5.38. The molecule has 6 nitrogen and oxygen atoms in total. The minimum atomic E-state index is -0.969. The number of halogens is 2. The van der Waals surface area contributed by atoms with Gasteiger partial charge < -0.3 is 10.1 Å². The standard InChI is InChI=1S/C18H19Cl2N3O3/c1-11(2)23-16(8-9-21-23)22-18(25)12(3)26-17(24)7-5-13-4-6-14(19)10-15(13)20/h4-12H,1-3H3,(H,22,25)/b7-5+/t12-/m0/s1. The van der Waals surface area contributed by atoms with E-state index in [1.165, 1.54) is 19.1 Å². The van der Waals surface area contributed by atoms with Crippen LogP contribution < -0.4 is 5.32 Å². The molecule has 0 saturated heterocycles. The van der Waals surface area contributed by atoms with Crippen LogP contribution in [0.2, 0.25) is 10.0 Å². The van der Waals surface area contributed by atoms with Gasteiger partial charge in [-0.2, -0.15) is 5.10 Å². The number of carbonyl (C=O) groups is 2. The molecule has 0 aliphatic carbocycles. The summed E-state index contributed by atoms with van der Waals surface area (Å²) in [6, 6.07) is 6.67. The topological polar surface area (TPSA) is 73.2 Å². The summed E-state index contributed by atoms with van der Waals surface area (Å²) in [5, 5.41) is 7.73. The summed E-state index contributed by atoms with van der Waals surface area (Å²) in [7, 11) is 0. The van der Waals surface area contributed by atoms with Gasteiger partial charge in [0.2, 0.25) is 0 Å². The molecule has 26 heavy (non-hydrogen) atoms. The summed E-state index contributed by atoms with van der Waals surface area (Å²) >= 11 is 11.9. The van der Waals surface area contributed by atoms with E-state index in [1.807, 2.05) is 13.8 Å². The zero-order valence-corrected chi connectivity index (χ0v) is 16.1. The van der Waals surface area contributed by atoms with Gasteiger partial charge in [0.25, 0.3) is 5.91 Å². The minimum Gasteiger partial charge on any atom is -0.449 e. The lowest BCUT2D eigenvalue weighted by Crippen LogP contribution is -2.30. The molecule has 1 aromatic heterocycles. The molecule has 0 fully saturated rings. The molecule has 0 unspecified atom stereocenters. The zero-order chi connectivity index (χ0) is 19.3. The van der Waals surface area contributed by atoms with Crippen molar-refractivity contribution in [2.24, 2.45) is 0 Å². The maximum Gasteiger partial charge on any atom is 0.331 e. The Morgan fingerprint density at radius 1 is 1.23 bits per heavy atom. The number of esters is 1. The van der Waals surface area contributed by atoms with Gasteiger partial charge in [-0.25, -0.2) is 9.48 Å². The number of aromatic nitrogens is 2. The Balaban J connectivity index is 1.94. The van der Waals surface area contributed by atoms with Crippen LogP contribution in [0.15, 0.2) is 36.5 Å². The highest BCUT2D eigenvalue weighted by atomic mass is 35.5. The molecule has 2 rings (SSSR count). The van der Waals surface area contributed by atoms with Crippen molar-refractivity contribution in [3.8, 4) is 0 Å². The van der Waals surface area contributed by atoms with Gasteiger partial charge in [0.05, 0.1) is 6.20 Å². The van der Waals surface area contributed by atoms with Crippen LogP contribution in [0.5, 0.6) is 0 Å². The van der Waals surface area contributed by atoms with E-state index in [2.05, 4.69) is 10.4 Å². The summed E-state index contributed by atoms with van der Waals surface area (Å²) in [4.78, 5) is 24.1. The highest BCUT2D eigenvalue weighted by molar-refractivity contribution is 6.35. The number of carbonyl (C=O) groups excluding carboxylic acids is 2. The molecule has 0 saturated carbocycles. The fraction of sp³-hybridized carbons (Fsp3) is 0.278. The van der Waals surface area contributed by atoms with Crippen molar-refractivity contribution >= 4 is 47.0 Å². The second-order valence-corrected chi connectivity index (χ2v) is 6.67. The Morgan fingerprint density at radius 2 is 1.96 bits per heavy atom. The molecule has 1 atom stereocenters. The van der Waals surface area contributed by atoms with Crippen LogP contribution in [0.3, 0.4) is 0 Å².